The van der Waals surface area contributed by atoms with Crippen LogP contribution >= 0.6 is 0 Å². The van der Waals surface area contributed by atoms with Crippen molar-refractivity contribution in [3.05, 3.63) is 0 Å². The summed E-state index contributed by atoms with van der Waals surface area (Å²) in [6.07, 6.45) is -2.20. The number of carbonyl (C=O) groups excluding carboxylic acids is 4. The molecule has 15 nitrogen and oxygen atoms in total. The highest BCUT2D eigenvalue weighted by Crippen LogP contribution is 2.07. The third-order valence-corrected chi connectivity index (χ3v) is 4.56. The van der Waals surface area contributed by atoms with Crippen LogP contribution in [-0.2, 0) is 33.6 Å². The van der Waals surface area contributed by atoms with E-state index in [2.05, 4.69) is 10.6 Å². The van der Waals surface area contributed by atoms with E-state index >= 15 is 0 Å². The van der Waals surface area contributed by atoms with Crippen molar-refractivity contribution >= 4 is 41.5 Å². The third-order valence-electron chi connectivity index (χ3n) is 4.56. The number of nitrogens with two attached hydrogens (primary N) is 2. The van der Waals surface area contributed by atoms with Crippen LogP contribution in [0.5, 0.6) is 0 Å². The minimum absolute atomic E-state index is 0.0720. The molecule has 4 amide bonds. The topological polar surface area (TPSA) is 268 Å². The van der Waals surface area contributed by atoms with Gasteiger partial charge in [0.25, 0.3) is 0 Å². The largest absolute Gasteiger partial charge is 0.481 e. The van der Waals surface area contributed by atoms with Crippen molar-refractivity contribution in [2.24, 2.45) is 17.4 Å². The quantitative estimate of drug-likeness (QED) is 0.109. The third kappa shape index (κ3) is 11.8. The molecule has 0 fully saturated rings. The fourth-order valence-corrected chi connectivity index (χ4v) is 2.67. The maximum absolute atomic E-state index is 12.8. The van der Waals surface area contributed by atoms with Gasteiger partial charge in [0.2, 0.25) is 23.6 Å². The van der Waals surface area contributed by atoms with Crippen LogP contribution in [0.4, 0.5) is 0 Å². The molecule has 0 aliphatic carbocycles. The Morgan fingerprint density at radius 2 is 1.29 bits per heavy atom. The smallest absolute Gasteiger partial charge is 0.326 e. The number of rotatable bonds is 16. The summed E-state index contributed by atoms with van der Waals surface area (Å²) in [5, 5.41) is 33.4. The maximum Gasteiger partial charge on any atom is 0.326 e. The van der Waals surface area contributed by atoms with Crippen molar-refractivity contribution in [2.75, 3.05) is 0 Å². The number of hydrogen-bond donors (Lipinski definition) is 8. The Hall–Kier alpha value is -3.75. The molecule has 0 heterocycles. The van der Waals surface area contributed by atoms with E-state index in [1.165, 1.54) is 0 Å². The number of hydrogen-bond acceptors (Lipinski definition) is 8. The van der Waals surface area contributed by atoms with Crippen LogP contribution in [0, 0.1) is 5.92 Å². The number of carboxylic acid groups (broad SMARTS) is 3. The molecule has 0 saturated carbocycles. The molecule has 0 spiro atoms. The lowest BCUT2D eigenvalue weighted by Gasteiger charge is -2.26. The Kier molecular flexibility index (Phi) is 12.8. The van der Waals surface area contributed by atoms with Gasteiger partial charge in [0.15, 0.2) is 0 Å². The van der Waals surface area contributed by atoms with Gasteiger partial charge >= 0.3 is 17.9 Å². The number of amides is 4. The van der Waals surface area contributed by atoms with E-state index in [1.807, 2.05) is 5.32 Å². The van der Waals surface area contributed by atoms with Crippen LogP contribution in [0.2, 0.25) is 0 Å². The molecular weight excluding hydrogens is 458 g/mol. The van der Waals surface area contributed by atoms with Gasteiger partial charge in [-0.25, -0.2) is 4.79 Å². The van der Waals surface area contributed by atoms with Gasteiger partial charge in [-0.2, -0.15) is 0 Å². The highest BCUT2D eigenvalue weighted by Gasteiger charge is 2.32. The normalized spacial score (nSPS) is 14.2. The lowest BCUT2D eigenvalue weighted by molar-refractivity contribution is -0.147. The first-order valence-electron chi connectivity index (χ1n) is 10.3. The summed E-state index contributed by atoms with van der Waals surface area (Å²) in [5.74, 6) is -8.41. The lowest BCUT2D eigenvalue weighted by Crippen LogP contribution is -2.58. The highest BCUT2D eigenvalue weighted by atomic mass is 16.4. The lowest BCUT2D eigenvalue weighted by atomic mass is 10.0. The molecule has 0 radical (unpaired) electrons. The first kappa shape index (κ1) is 30.2. The van der Waals surface area contributed by atoms with Gasteiger partial charge in [0, 0.05) is 12.8 Å². The Morgan fingerprint density at radius 3 is 1.74 bits per heavy atom. The van der Waals surface area contributed by atoms with Gasteiger partial charge < -0.3 is 42.7 Å². The average Bonchev–Trinajstić information content (AvgIpc) is 2.71. The van der Waals surface area contributed by atoms with Gasteiger partial charge in [-0.15, -0.1) is 0 Å². The van der Waals surface area contributed by atoms with Crippen molar-refractivity contribution in [1.82, 2.24) is 16.0 Å². The molecule has 0 saturated heterocycles. The second kappa shape index (κ2) is 14.4. The van der Waals surface area contributed by atoms with E-state index in [0.29, 0.717) is 0 Å². The zero-order valence-electron chi connectivity index (χ0n) is 18.8. The maximum atomic E-state index is 12.8. The zero-order chi connectivity index (χ0) is 26.6. The van der Waals surface area contributed by atoms with E-state index < -0.39 is 90.9 Å². The van der Waals surface area contributed by atoms with Gasteiger partial charge in [0.1, 0.15) is 18.1 Å². The SMILES string of the molecule is CC(C)C(NC(=O)C(N)CCC(N)=O)C(=O)NC(CCC(=O)O)C(=O)NC(CC(=O)O)C(=O)O. The number of nitrogens with one attached hydrogen (secondary N) is 3. The zero-order valence-corrected chi connectivity index (χ0v) is 18.8. The fraction of sp³-hybridized carbons (Fsp3) is 0.632. The van der Waals surface area contributed by atoms with Crippen LogP contribution in [0.25, 0.3) is 0 Å². The van der Waals surface area contributed by atoms with Crippen LogP contribution < -0.4 is 27.4 Å². The predicted octanol–water partition coefficient (Wildman–Crippen LogP) is -2.89. The molecule has 0 aromatic carbocycles. The second-order valence-corrected chi connectivity index (χ2v) is 7.83. The van der Waals surface area contributed by atoms with E-state index in [4.69, 9.17) is 26.8 Å². The van der Waals surface area contributed by atoms with Crippen LogP contribution in [-0.4, -0.2) is 81.0 Å². The minimum atomic E-state index is -1.82. The Bertz CT molecular complexity index is 800. The number of carbonyl (C=O) groups is 7. The number of carboxylic acids is 3. The summed E-state index contributed by atoms with van der Waals surface area (Å²) in [4.78, 5) is 81.4. The fourth-order valence-electron chi connectivity index (χ4n) is 2.67. The predicted molar refractivity (Wildman–Crippen MR) is 114 cm³/mol. The van der Waals surface area contributed by atoms with Gasteiger partial charge in [-0.3, -0.25) is 28.8 Å². The molecule has 10 N–H and O–H groups in total. The molecule has 0 aliphatic rings. The van der Waals surface area contributed by atoms with Crippen LogP contribution in [0.1, 0.15) is 46.0 Å². The average molecular weight is 489 g/mol. The summed E-state index contributed by atoms with van der Waals surface area (Å²) in [6, 6.07) is -5.74. The Balaban J connectivity index is 5.49. The van der Waals surface area contributed by atoms with Crippen LogP contribution in [0.3, 0.4) is 0 Å². The molecule has 0 aromatic rings. The summed E-state index contributed by atoms with van der Waals surface area (Å²) in [5.41, 5.74) is 10.7. The minimum Gasteiger partial charge on any atom is -0.481 e. The van der Waals surface area contributed by atoms with Gasteiger partial charge in [0.05, 0.1) is 12.5 Å². The molecular formula is C19H31N5O10. The van der Waals surface area contributed by atoms with Crippen LogP contribution in [0.15, 0.2) is 0 Å². The van der Waals surface area contributed by atoms with Crippen molar-refractivity contribution in [3.8, 4) is 0 Å². The van der Waals surface area contributed by atoms with E-state index in [9.17, 15) is 33.6 Å². The molecule has 4 unspecified atom stereocenters. The van der Waals surface area contributed by atoms with E-state index in [0.717, 1.165) is 0 Å². The molecule has 0 aromatic heterocycles. The first-order chi connectivity index (χ1) is 15.6. The summed E-state index contributed by atoms with van der Waals surface area (Å²) < 4.78 is 0. The standard InChI is InChI=1S/C19H31N5O10/c1-8(2)15(24-16(30)9(20)3-5-12(21)25)18(32)22-10(4-6-13(26)27)17(31)23-11(19(33)34)7-14(28)29/h8-11,15H,3-7,20H2,1-2H3,(H2,21,25)(H,22,32)(H,23,31)(H,24,30)(H,26,27)(H,28,29)(H,33,34). The van der Waals surface area contributed by atoms with E-state index in [1.54, 1.807) is 13.8 Å². The summed E-state index contributed by atoms with van der Waals surface area (Å²) >= 11 is 0. The highest BCUT2D eigenvalue weighted by molar-refractivity contribution is 5.95. The summed E-state index contributed by atoms with van der Waals surface area (Å²) in [6.45, 7) is 3.14. The van der Waals surface area contributed by atoms with Crippen molar-refractivity contribution in [3.63, 3.8) is 0 Å². The molecule has 0 bridgehead atoms. The van der Waals surface area contributed by atoms with Crippen molar-refractivity contribution in [1.29, 1.82) is 0 Å². The molecule has 192 valence electrons. The Morgan fingerprint density at radius 1 is 0.735 bits per heavy atom. The summed E-state index contributed by atoms with van der Waals surface area (Å²) in [7, 11) is 0. The Labute approximate surface area is 194 Å². The second-order valence-electron chi connectivity index (χ2n) is 7.83. The van der Waals surface area contributed by atoms with E-state index in [-0.39, 0.29) is 12.8 Å². The first-order valence-corrected chi connectivity index (χ1v) is 10.3. The molecule has 4 atom stereocenters. The molecule has 34 heavy (non-hydrogen) atoms. The number of primary amides is 1. The van der Waals surface area contributed by atoms with Crippen molar-refractivity contribution in [2.45, 2.75) is 70.1 Å². The van der Waals surface area contributed by atoms with Gasteiger partial charge in [-0.05, 0) is 18.8 Å². The van der Waals surface area contributed by atoms with Crippen molar-refractivity contribution < 1.29 is 48.9 Å². The molecule has 0 aliphatic heterocycles. The monoisotopic (exact) mass is 489 g/mol. The number of aliphatic carboxylic acids is 3. The molecule has 0 rings (SSSR count). The molecule has 15 heteroatoms. The van der Waals surface area contributed by atoms with Gasteiger partial charge in [-0.1, -0.05) is 13.8 Å².